The largest absolute Gasteiger partial charge is 0.462 e. The van der Waals surface area contributed by atoms with E-state index in [1.807, 2.05) is 6.92 Å². The number of alkyl halides is 3. The number of hydrogen-bond acceptors (Lipinski definition) is 5. The highest BCUT2D eigenvalue weighted by Crippen LogP contribution is 2.33. The summed E-state index contributed by atoms with van der Waals surface area (Å²) in [6, 6.07) is 9.70. The molecule has 3 aromatic rings. The first kappa shape index (κ1) is 21.9. The molecule has 0 saturated heterocycles. The first-order valence-electron chi connectivity index (χ1n) is 9.08. The van der Waals surface area contributed by atoms with Crippen molar-refractivity contribution < 1.29 is 31.9 Å². The van der Waals surface area contributed by atoms with Gasteiger partial charge in [-0.1, -0.05) is 18.2 Å². The third kappa shape index (κ3) is 5.05. The Morgan fingerprint density at radius 2 is 1.84 bits per heavy atom. The molecule has 162 valence electrons. The van der Waals surface area contributed by atoms with Gasteiger partial charge in [0.1, 0.15) is 5.82 Å². The molecule has 0 aliphatic rings. The molecule has 0 atom stereocenters. The van der Waals surface area contributed by atoms with Gasteiger partial charge in [-0.2, -0.15) is 13.2 Å². The minimum atomic E-state index is -4.99. The number of benzene rings is 2. The van der Waals surface area contributed by atoms with Crippen molar-refractivity contribution in [3.05, 3.63) is 71.3 Å². The number of nitrogens with zero attached hydrogens (tertiary/aromatic N) is 3. The molecular weight excluding hydrogens is 420 g/mol. The average Bonchev–Trinajstić information content (AvgIpc) is 3.18. The zero-order valence-electron chi connectivity index (χ0n) is 16.1. The lowest BCUT2D eigenvalue weighted by atomic mass is 10.2. The van der Waals surface area contributed by atoms with Crippen LogP contribution in [0.4, 0.5) is 23.2 Å². The number of carbonyl (C=O) groups excluding carboxylic acids is 2. The Hall–Kier alpha value is -3.76. The standard InChI is InChI=1S/C20H16F4N4O3/c1-2-10-31-19(30)12-6-8-14(9-7-12)25-18(29)16-17(20(22,23)24)28(27-26-16)15-5-3-4-13(21)11-15/h3-9,11H,2,10H2,1H3,(H,25,29). The van der Waals surface area contributed by atoms with Crippen molar-refractivity contribution in [2.24, 2.45) is 0 Å². The van der Waals surface area contributed by atoms with Crippen molar-refractivity contribution >= 4 is 17.6 Å². The van der Waals surface area contributed by atoms with Crippen LogP contribution in [0.5, 0.6) is 0 Å². The molecule has 3 rings (SSSR count). The zero-order valence-corrected chi connectivity index (χ0v) is 16.1. The van der Waals surface area contributed by atoms with Crippen molar-refractivity contribution in [2.45, 2.75) is 19.5 Å². The normalized spacial score (nSPS) is 11.3. The van der Waals surface area contributed by atoms with Crippen molar-refractivity contribution in [1.82, 2.24) is 15.0 Å². The number of aromatic nitrogens is 3. The van der Waals surface area contributed by atoms with Crippen molar-refractivity contribution in [2.75, 3.05) is 11.9 Å². The molecule has 1 amide bonds. The molecule has 0 aliphatic heterocycles. The Labute approximate surface area is 173 Å². The highest BCUT2D eigenvalue weighted by Gasteiger charge is 2.42. The fraction of sp³-hybridized carbons (Fsp3) is 0.200. The minimum absolute atomic E-state index is 0.130. The molecule has 0 saturated carbocycles. The number of anilines is 1. The van der Waals surface area contributed by atoms with E-state index < -0.39 is 35.3 Å². The Morgan fingerprint density at radius 1 is 1.13 bits per heavy atom. The van der Waals surface area contributed by atoms with Crippen LogP contribution in [0.3, 0.4) is 0 Å². The Balaban J connectivity index is 1.86. The van der Waals surface area contributed by atoms with Crippen LogP contribution in [0.1, 0.15) is 39.9 Å². The molecule has 2 aromatic carbocycles. The summed E-state index contributed by atoms with van der Waals surface area (Å²) in [5.74, 6) is -2.50. The van der Waals surface area contributed by atoms with Crippen LogP contribution in [-0.4, -0.2) is 33.5 Å². The average molecular weight is 436 g/mol. The summed E-state index contributed by atoms with van der Waals surface area (Å²) in [5, 5.41) is 9.00. The molecule has 0 unspecified atom stereocenters. The monoisotopic (exact) mass is 436 g/mol. The Bertz CT molecular complexity index is 1090. The van der Waals surface area contributed by atoms with E-state index in [1.54, 1.807) is 0 Å². The Kier molecular flexibility index (Phi) is 6.33. The second kappa shape index (κ2) is 8.94. The van der Waals surface area contributed by atoms with Crippen molar-refractivity contribution in [3.63, 3.8) is 0 Å². The Morgan fingerprint density at radius 3 is 2.45 bits per heavy atom. The van der Waals surface area contributed by atoms with E-state index >= 15 is 0 Å². The quantitative estimate of drug-likeness (QED) is 0.461. The summed E-state index contributed by atoms with van der Waals surface area (Å²) in [4.78, 5) is 24.3. The third-order valence-corrected chi connectivity index (χ3v) is 4.02. The smallest absolute Gasteiger partial charge is 0.435 e. The lowest BCUT2D eigenvalue weighted by molar-refractivity contribution is -0.143. The predicted molar refractivity (Wildman–Crippen MR) is 101 cm³/mol. The van der Waals surface area contributed by atoms with Gasteiger partial charge in [0, 0.05) is 5.69 Å². The summed E-state index contributed by atoms with van der Waals surface area (Å²) in [7, 11) is 0. The molecule has 1 aromatic heterocycles. The van der Waals surface area contributed by atoms with Gasteiger partial charge in [-0.25, -0.2) is 13.9 Å². The van der Waals surface area contributed by atoms with E-state index in [2.05, 4.69) is 15.6 Å². The zero-order chi connectivity index (χ0) is 22.6. The van der Waals surface area contributed by atoms with Gasteiger partial charge >= 0.3 is 12.1 Å². The van der Waals surface area contributed by atoms with E-state index in [9.17, 15) is 27.2 Å². The lowest BCUT2D eigenvalue weighted by Gasteiger charge is -2.11. The molecule has 0 spiro atoms. The molecule has 1 heterocycles. The second-order valence-electron chi connectivity index (χ2n) is 6.34. The number of nitrogens with one attached hydrogen (secondary N) is 1. The van der Waals surface area contributed by atoms with E-state index in [4.69, 9.17) is 4.74 Å². The highest BCUT2D eigenvalue weighted by atomic mass is 19.4. The number of halogens is 4. The van der Waals surface area contributed by atoms with E-state index in [-0.39, 0.29) is 23.5 Å². The van der Waals surface area contributed by atoms with Gasteiger partial charge < -0.3 is 10.1 Å². The fourth-order valence-corrected chi connectivity index (χ4v) is 2.64. The van der Waals surface area contributed by atoms with Gasteiger partial charge in [0.05, 0.1) is 17.9 Å². The van der Waals surface area contributed by atoms with Crippen molar-refractivity contribution in [3.8, 4) is 5.69 Å². The molecule has 7 nitrogen and oxygen atoms in total. The van der Waals surface area contributed by atoms with Gasteiger partial charge in [-0.3, -0.25) is 4.79 Å². The van der Waals surface area contributed by atoms with Crippen LogP contribution in [-0.2, 0) is 10.9 Å². The summed E-state index contributed by atoms with van der Waals surface area (Å²) < 4.78 is 59.7. The summed E-state index contributed by atoms with van der Waals surface area (Å²) in [5.41, 5.74) is -2.32. The third-order valence-electron chi connectivity index (χ3n) is 4.02. The number of carbonyl (C=O) groups is 2. The van der Waals surface area contributed by atoms with Crippen LogP contribution in [0.15, 0.2) is 48.5 Å². The maximum absolute atomic E-state index is 13.6. The molecule has 1 N–H and O–H groups in total. The number of esters is 1. The molecular formula is C20H16F4N4O3. The maximum Gasteiger partial charge on any atom is 0.435 e. The van der Waals surface area contributed by atoms with Gasteiger partial charge in [0.25, 0.3) is 5.91 Å². The van der Waals surface area contributed by atoms with E-state index in [0.29, 0.717) is 11.1 Å². The molecule has 0 fully saturated rings. The minimum Gasteiger partial charge on any atom is -0.462 e. The molecule has 0 radical (unpaired) electrons. The number of rotatable bonds is 6. The van der Waals surface area contributed by atoms with Crippen LogP contribution in [0.2, 0.25) is 0 Å². The number of hydrogen-bond donors (Lipinski definition) is 1. The lowest BCUT2D eigenvalue weighted by Crippen LogP contribution is -2.21. The molecule has 11 heteroatoms. The SMILES string of the molecule is CCCOC(=O)c1ccc(NC(=O)c2nnn(-c3cccc(F)c3)c2C(F)(F)F)cc1. The fourth-order valence-electron chi connectivity index (χ4n) is 2.64. The van der Waals surface area contributed by atoms with Gasteiger partial charge in [-0.05, 0) is 48.9 Å². The van der Waals surface area contributed by atoms with E-state index in [0.717, 1.165) is 12.1 Å². The van der Waals surface area contributed by atoms with Crippen molar-refractivity contribution in [1.29, 1.82) is 0 Å². The molecule has 0 aliphatic carbocycles. The van der Waals surface area contributed by atoms with E-state index in [1.165, 1.54) is 36.4 Å². The topological polar surface area (TPSA) is 86.1 Å². The number of amides is 1. The first-order chi connectivity index (χ1) is 14.7. The van der Waals surface area contributed by atoms with Gasteiger partial charge in [0.2, 0.25) is 0 Å². The highest BCUT2D eigenvalue weighted by molar-refractivity contribution is 6.04. The van der Waals surface area contributed by atoms with Crippen LogP contribution >= 0.6 is 0 Å². The number of ether oxygens (including phenoxy) is 1. The van der Waals surface area contributed by atoms with Gasteiger partial charge in [0.15, 0.2) is 11.4 Å². The maximum atomic E-state index is 13.6. The summed E-state index contributed by atoms with van der Waals surface area (Å²) in [6.07, 6.45) is -4.34. The predicted octanol–water partition coefficient (Wildman–Crippen LogP) is 4.24. The summed E-state index contributed by atoms with van der Waals surface area (Å²) in [6.45, 7) is 2.09. The molecule has 0 bridgehead atoms. The molecule has 31 heavy (non-hydrogen) atoms. The second-order valence-corrected chi connectivity index (χ2v) is 6.34. The summed E-state index contributed by atoms with van der Waals surface area (Å²) >= 11 is 0. The first-order valence-corrected chi connectivity index (χ1v) is 9.08. The van der Waals surface area contributed by atoms with Gasteiger partial charge in [-0.15, -0.1) is 5.10 Å². The van der Waals surface area contributed by atoms with Crippen LogP contribution in [0, 0.1) is 5.82 Å². The van der Waals surface area contributed by atoms with Crippen LogP contribution in [0.25, 0.3) is 5.69 Å². The van der Waals surface area contributed by atoms with Crippen LogP contribution < -0.4 is 5.32 Å².